The van der Waals surface area contributed by atoms with E-state index in [-0.39, 0.29) is 11.9 Å². The molecule has 1 aromatic rings. The lowest BCUT2D eigenvalue weighted by Gasteiger charge is -2.35. The van der Waals surface area contributed by atoms with Gasteiger partial charge in [-0.2, -0.15) is 0 Å². The molecule has 1 fully saturated rings. The minimum Gasteiger partial charge on any atom is -0.349 e. The van der Waals surface area contributed by atoms with Gasteiger partial charge in [0.1, 0.15) is 5.82 Å². The first-order valence-electron chi connectivity index (χ1n) is 6.43. The van der Waals surface area contributed by atoms with Crippen molar-refractivity contribution in [3.05, 3.63) is 34.1 Å². The lowest BCUT2D eigenvalue weighted by atomic mass is 9.98. The molecule has 2 rings (SSSR count). The second-order valence-electron chi connectivity index (χ2n) is 5.15. The van der Waals surface area contributed by atoms with Gasteiger partial charge >= 0.3 is 0 Å². The van der Waals surface area contributed by atoms with E-state index >= 15 is 0 Å². The number of nitrogens with zero attached hydrogens (tertiary/aromatic N) is 1. The van der Waals surface area contributed by atoms with E-state index in [4.69, 9.17) is 0 Å². The minimum absolute atomic E-state index is 0.161. The van der Waals surface area contributed by atoms with Gasteiger partial charge in [-0.1, -0.05) is 0 Å². The molecule has 0 radical (unpaired) electrons. The predicted molar refractivity (Wildman–Crippen MR) is 76.7 cm³/mol. The maximum absolute atomic E-state index is 13.2. The van der Waals surface area contributed by atoms with Crippen LogP contribution >= 0.6 is 15.9 Å². The van der Waals surface area contributed by atoms with Gasteiger partial charge in [0.2, 0.25) is 0 Å². The number of nitrogens with one attached hydrogen (secondary N) is 1. The van der Waals surface area contributed by atoms with E-state index in [1.807, 2.05) is 0 Å². The second kappa shape index (κ2) is 6.01. The van der Waals surface area contributed by atoms with Gasteiger partial charge in [-0.05, 0) is 60.9 Å². The van der Waals surface area contributed by atoms with Crippen LogP contribution in [0.15, 0.2) is 22.7 Å². The molecule has 0 spiro atoms. The fraction of sp³-hybridized carbons (Fsp3) is 0.500. The van der Waals surface area contributed by atoms with E-state index in [0.717, 1.165) is 19.4 Å². The highest BCUT2D eigenvalue weighted by atomic mass is 79.9. The van der Waals surface area contributed by atoms with Crippen LogP contribution in [0.25, 0.3) is 0 Å². The molecule has 2 atom stereocenters. The van der Waals surface area contributed by atoms with Crippen molar-refractivity contribution < 1.29 is 9.18 Å². The molecule has 1 aromatic carbocycles. The number of likely N-dealkylation sites (tertiary alicyclic amines) is 1. The summed E-state index contributed by atoms with van der Waals surface area (Å²) in [6, 6.07) is 4.77. The van der Waals surface area contributed by atoms with Crippen molar-refractivity contribution in [2.75, 3.05) is 13.6 Å². The Morgan fingerprint density at radius 3 is 2.95 bits per heavy atom. The van der Waals surface area contributed by atoms with Crippen molar-refractivity contribution >= 4 is 21.8 Å². The number of hydrogen-bond acceptors (Lipinski definition) is 2. The number of halogens is 2. The number of benzene rings is 1. The van der Waals surface area contributed by atoms with Gasteiger partial charge < -0.3 is 10.2 Å². The number of carbonyl (C=O) groups excluding carboxylic acids is 1. The Morgan fingerprint density at radius 2 is 2.26 bits per heavy atom. The van der Waals surface area contributed by atoms with Crippen LogP contribution in [0, 0.1) is 5.82 Å². The maximum atomic E-state index is 13.2. The van der Waals surface area contributed by atoms with Crippen LogP contribution in [-0.2, 0) is 0 Å². The fourth-order valence-electron chi connectivity index (χ4n) is 2.36. The van der Waals surface area contributed by atoms with E-state index in [1.54, 1.807) is 6.07 Å². The van der Waals surface area contributed by atoms with Crippen molar-refractivity contribution in [2.45, 2.75) is 31.8 Å². The summed E-state index contributed by atoms with van der Waals surface area (Å²) in [7, 11) is 2.09. The molecular weight excluding hydrogens is 311 g/mol. The van der Waals surface area contributed by atoms with Crippen LogP contribution < -0.4 is 5.32 Å². The number of hydrogen-bond donors (Lipinski definition) is 1. The zero-order valence-electron chi connectivity index (χ0n) is 11.1. The predicted octanol–water partition coefficient (Wildman–Crippen LogP) is 2.80. The summed E-state index contributed by atoms with van der Waals surface area (Å²) < 4.78 is 13.8. The van der Waals surface area contributed by atoms with Gasteiger partial charge in [0.15, 0.2) is 0 Å². The van der Waals surface area contributed by atoms with Gasteiger partial charge in [0.05, 0.1) is 5.56 Å². The van der Waals surface area contributed by atoms with E-state index < -0.39 is 5.82 Å². The number of rotatable bonds is 2. The number of carbonyl (C=O) groups is 1. The van der Waals surface area contributed by atoms with Crippen LogP contribution in [0.5, 0.6) is 0 Å². The molecule has 1 heterocycles. The highest BCUT2D eigenvalue weighted by Gasteiger charge is 2.24. The normalized spacial score (nSPS) is 24.2. The standard InChI is InChI=1S/C14H18BrFN2O/c1-9-7-11(5-6-18(9)2)17-14(19)12-8-10(16)3-4-13(12)15/h3-4,8-9,11H,5-7H2,1-2H3,(H,17,19). The number of piperidine rings is 1. The average molecular weight is 329 g/mol. The summed E-state index contributed by atoms with van der Waals surface area (Å²) >= 11 is 3.28. The first kappa shape index (κ1) is 14.5. The monoisotopic (exact) mass is 328 g/mol. The van der Waals surface area contributed by atoms with Crippen molar-refractivity contribution in [3.63, 3.8) is 0 Å². The van der Waals surface area contributed by atoms with Crippen LogP contribution in [0.1, 0.15) is 30.1 Å². The topological polar surface area (TPSA) is 32.3 Å². The summed E-state index contributed by atoms with van der Waals surface area (Å²) in [5.74, 6) is -0.613. The quantitative estimate of drug-likeness (QED) is 0.905. The van der Waals surface area contributed by atoms with E-state index in [1.165, 1.54) is 12.1 Å². The Labute approximate surface area is 121 Å². The zero-order valence-corrected chi connectivity index (χ0v) is 12.7. The van der Waals surface area contributed by atoms with Gasteiger partial charge in [-0.3, -0.25) is 4.79 Å². The first-order valence-corrected chi connectivity index (χ1v) is 7.23. The van der Waals surface area contributed by atoms with E-state index in [0.29, 0.717) is 16.1 Å². The summed E-state index contributed by atoms with van der Waals surface area (Å²) in [5, 5.41) is 2.99. The van der Waals surface area contributed by atoms with Crippen molar-refractivity contribution in [1.29, 1.82) is 0 Å². The van der Waals surface area contributed by atoms with Crippen LogP contribution in [0.4, 0.5) is 4.39 Å². The molecule has 5 heteroatoms. The third-order valence-electron chi connectivity index (χ3n) is 3.72. The molecular formula is C14H18BrFN2O. The van der Waals surface area contributed by atoms with Gasteiger partial charge in [0.25, 0.3) is 5.91 Å². The Bertz CT molecular complexity index is 481. The molecule has 19 heavy (non-hydrogen) atoms. The number of amides is 1. The second-order valence-corrected chi connectivity index (χ2v) is 6.00. The zero-order chi connectivity index (χ0) is 14.0. The SMILES string of the molecule is CC1CC(NC(=O)c2cc(F)ccc2Br)CCN1C. The summed E-state index contributed by atoms with van der Waals surface area (Å²) in [6.45, 7) is 3.12. The maximum Gasteiger partial charge on any atom is 0.252 e. The van der Waals surface area contributed by atoms with Gasteiger partial charge in [-0.15, -0.1) is 0 Å². The highest BCUT2D eigenvalue weighted by molar-refractivity contribution is 9.10. The molecule has 1 aliphatic heterocycles. The molecule has 104 valence electrons. The molecule has 1 aliphatic rings. The molecule has 3 nitrogen and oxygen atoms in total. The van der Waals surface area contributed by atoms with Crippen LogP contribution in [-0.4, -0.2) is 36.5 Å². The molecule has 1 N–H and O–H groups in total. The molecule has 2 unspecified atom stereocenters. The lowest BCUT2D eigenvalue weighted by molar-refractivity contribution is 0.0895. The van der Waals surface area contributed by atoms with Crippen molar-refractivity contribution in [3.8, 4) is 0 Å². The third kappa shape index (κ3) is 3.54. The Balaban J connectivity index is 2.03. The third-order valence-corrected chi connectivity index (χ3v) is 4.41. The first-order chi connectivity index (χ1) is 8.97. The summed E-state index contributed by atoms with van der Waals surface area (Å²) in [4.78, 5) is 14.4. The van der Waals surface area contributed by atoms with Crippen LogP contribution in [0.2, 0.25) is 0 Å². The molecule has 0 bridgehead atoms. The molecule has 0 saturated carbocycles. The minimum atomic E-state index is -0.398. The van der Waals surface area contributed by atoms with Gasteiger partial charge in [-0.25, -0.2) is 4.39 Å². The van der Waals surface area contributed by atoms with E-state index in [9.17, 15) is 9.18 Å². The largest absolute Gasteiger partial charge is 0.349 e. The molecule has 0 aromatic heterocycles. The summed E-state index contributed by atoms with van der Waals surface area (Å²) in [6.07, 6.45) is 1.86. The van der Waals surface area contributed by atoms with Crippen LogP contribution in [0.3, 0.4) is 0 Å². The lowest BCUT2D eigenvalue weighted by Crippen LogP contribution is -2.47. The Hall–Kier alpha value is -0.940. The molecule has 1 amide bonds. The van der Waals surface area contributed by atoms with Crippen molar-refractivity contribution in [2.24, 2.45) is 0 Å². The highest BCUT2D eigenvalue weighted by Crippen LogP contribution is 2.20. The van der Waals surface area contributed by atoms with Crippen molar-refractivity contribution in [1.82, 2.24) is 10.2 Å². The molecule has 0 aliphatic carbocycles. The van der Waals surface area contributed by atoms with E-state index in [2.05, 4.69) is 40.1 Å². The average Bonchev–Trinajstić information content (AvgIpc) is 2.36. The fourth-order valence-corrected chi connectivity index (χ4v) is 2.78. The van der Waals surface area contributed by atoms with Gasteiger partial charge in [0, 0.05) is 23.1 Å². The Kier molecular flexibility index (Phi) is 4.58. The Morgan fingerprint density at radius 1 is 1.53 bits per heavy atom. The smallest absolute Gasteiger partial charge is 0.252 e. The molecule has 1 saturated heterocycles. The summed E-state index contributed by atoms with van der Waals surface area (Å²) in [5.41, 5.74) is 0.353.